The van der Waals surface area contributed by atoms with E-state index in [0.717, 1.165) is 9.26 Å². The number of rotatable bonds is 4. The molecule has 7 heteroatoms. The number of aromatic nitrogens is 2. The molecule has 0 fully saturated rings. The number of anilines is 1. The lowest BCUT2D eigenvalue weighted by atomic mass is 10.2. The average Bonchev–Trinajstić information content (AvgIpc) is 2.59. The molecule has 3 aromatic rings. The van der Waals surface area contributed by atoms with Gasteiger partial charge in [0.15, 0.2) is 0 Å². The van der Waals surface area contributed by atoms with Crippen LogP contribution < -0.4 is 16.4 Å². The van der Waals surface area contributed by atoms with Crippen LogP contribution in [0, 0.1) is 3.57 Å². The molecule has 0 aliphatic carbocycles. The van der Waals surface area contributed by atoms with Crippen LogP contribution in [0.1, 0.15) is 6.42 Å². The molecule has 6 nitrogen and oxygen atoms in total. The molecule has 0 saturated carbocycles. The Morgan fingerprint density at radius 2 is 1.71 bits per heavy atom. The van der Waals surface area contributed by atoms with E-state index in [1.807, 2.05) is 24.3 Å². The molecule has 0 atom stereocenters. The number of nitrogens with one attached hydrogen (secondary N) is 2. The summed E-state index contributed by atoms with van der Waals surface area (Å²) in [5.74, 6) is -0.222. The number of para-hydroxylation sites is 1. The normalized spacial score (nSPS) is 10.7. The van der Waals surface area contributed by atoms with E-state index in [9.17, 15) is 14.4 Å². The number of carbonyl (C=O) groups is 1. The number of hydrogen-bond acceptors (Lipinski definition) is 3. The van der Waals surface area contributed by atoms with Gasteiger partial charge in [-0.2, -0.15) is 0 Å². The van der Waals surface area contributed by atoms with Crippen LogP contribution in [0.4, 0.5) is 5.69 Å². The molecule has 2 aromatic carbocycles. The van der Waals surface area contributed by atoms with E-state index in [1.165, 1.54) is 4.68 Å². The number of nitrogens with zero attached hydrogens (tertiary/aromatic N) is 1. The number of fused-ring (bicyclic) bond motifs is 1. The van der Waals surface area contributed by atoms with E-state index < -0.39 is 0 Å². The van der Waals surface area contributed by atoms with Gasteiger partial charge in [0.1, 0.15) is 0 Å². The molecule has 0 saturated heterocycles. The maximum atomic E-state index is 12.4. The van der Waals surface area contributed by atoms with E-state index >= 15 is 0 Å². The van der Waals surface area contributed by atoms with Crippen molar-refractivity contribution in [3.8, 4) is 0 Å². The zero-order chi connectivity index (χ0) is 17.1. The van der Waals surface area contributed by atoms with Crippen LogP contribution in [-0.4, -0.2) is 15.7 Å². The Morgan fingerprint density at radius 3 is 2.46 bits per heavy atom. The number of benzene rings is 2. The van der Waals surface area contributed by atoms with Crippen LogP contribution in [0.15, 0.2) is 58.1 Å². The van der Waals surface area contributed by atoms with Gasteiger partial charge in [-0.1, -0.05) is 24.3 Å². The largest absolute Gasteiger partial charge is 0.325 e. The number of hydrogen-bond donors (Lipinski definition) is 2. The molecule has 1 amide bonds. The van der Waals surface area contributed by atoms with Crippen LogP contribution in [-0.2, 0) is 11.3 Å². The fraction of sp³-hybridized carbons (Fsp3) is 0.118. The van der Waals surface area contributed by atoms with Crippen molar-refractivity contribution in [2.75, 3.05) is 5.32 Å². The second kappa shape index (κ2) is 7.00. The highest BCUT2D eigenvalue weighted by atomic mass is 127. The number of aryl methyl sites for hydroxylation is 1. The molecule has 24 heavy (non-hydrogen) atoms. The predicted molar refractivity (Wildman–Crippen MR) is 101 cm³/mol. The highest BCUT2D eigenvalue weighted by Crippen LogP contribution is 2.17. The summed E-state index contributed by atoms with van der Waals surface area (Å²) in [5.41, 5.74) is 0.0676. The third kappa shape index (κ3) is 3.40. The van der Waals surface area contributed by atoms with E-state index in [0.29, 0.717) is 10.8 Å². The minimum atomic E-state index is -0.344. The Labute approximate surface area is 150 Å². The van der Waals surface area contributed by atoms with Gasteiger partial charge in [-0.25, -0.2) is 4.68 Å². The fourth-order valence-corrected chi connectivity index (χ4v) is 2.91. The molecule has 1 heterocycles. The topological polar surface area (TPSA) is 84.0 Å². The summed E-state index contributed by atoms with van der Waals surface area (Å²) < 4.78 is 2.11. The molecule has 1 aromatic heterocycles. The van der Waals surface area contributed by atoms with Crippen molar-refractivity contribution in [2.24, 2.45) is 0 Å². The summed E-state index contributed by atoms with van der Waals surface area (Å²) in [6, 6.07) is 14.0. The fourth-order valence-electron chi connectivity index (χ4n) is 2.39. The third-order valence-electron chi connectivity index (χ3n) is 3.59. The van der Waals surface area contributed by atoms with E-state index in [1.54, 1.807) is 24.3 Å². The second-order valence-corrected chi connectivity index (χ2v) is 6.38. The Balaban J connectivity index is 1.78. The van der Waals surface area contributed by atoms with E-state index in [-0.39, 0.29) is 30.0 Å². The van der Waals surface area contributed by atoms with Crippen LogP contribution in [0.2, 0.25) is 0 Å². The summed E-state index contributed by atoms with van der Waals surface area (Å²) in [4.78, 5) is 36.5. The molecular weight excluding hydrogens is 421 g/mol. The lowest BCUT2D eigenvalue weighted by Gasteiger charge is -2.09. The molecule has 0 aliphatic heterocycles. The Bertz CT molecular complexity index is 1020. The molecule has 0 aliphatic rings. The zero-order valence-corrected chi connectivity index (χ0v) is 14.7. The monoisotopic (exact) mass is 435 g/mol. The number of aromatic amines is 1. The van der Waals surface area contributed by atoms with Crippen molar-refractivity contribution < 1.29 is 4.79 Å². The van der Waals surface area contributed by atoms with Gasteiger partial charge in [-0.15, -0.1) is 0 Å². The van der Waals surface area contributed by atoms with Gasteiger partial charge < -0.3 is 5.32 Å². The van der Waals surface area contributed by atoms with Crippen LogP contribution in [0.5, 0.6) is 0 Å². The Morgan fingerprint density at radius 1 is 1.04 bits per heavy atom. The van der Waals surface area contributed by atoms with Crippen molar-refractivity contribution in [3.05, 3.63) is 72.8 Å². The molecule has 2 N–H and O–H groups in total. The van der Waals surface area contributed by atoms with Gasteiger partial charge in [-0.05, 0) is 46.9 Å². The van der Waals surface area contributed by atoms with E-state index in [4.69, 9.17) is 0 Å². The molecule has 122 valence electrons. The number of carbonyl (C=O) groups excluding carboxylic acids is 1. The summed E-state index contributed by atoms with van der Waals surface area (Å²) in [7, 11) is 0. The maximum Gasteiger partial charge on any atom is 0.273 e. The SMILES string of the molecule is O=C(CCn1[nH]c(=O)c2ccccc2c1=O)Nc1ccccc1I. The van der Waals surface area contributed by atoms with E-state index in [2.05, 4.69) is 33.0 Å². The van der Waals surface area contributed by atoms with Crippen LogP contribution in [0.25, 0.3) is 10.8 Å². The first-order valence-electron chi connectivity index (χ1n) is 7.32. The molecule has 0 unspecified atom stereocenters. The summed E-state index contributed by atoms with van der Waals surface area (Å²) in [5, 5.41) is 6.01. The van der Waals surface area contributed by atoms with Crippen molar-refractivity contribution >= 4 is 45.0 Å². The maximum absolute atomic E-state index is 12.4. The van der Waals surface area contributed by atoms with Gasteiger partial charge in [0.25, 0.3) is 11.1 Å². The lowest BCUT2D eigenvalue weighted by Crippen LogP contribution is -2.31. The first-order chi connectivity index (χ1) is 11.6. The van der Waals surface area contributed by atoms with Crippen molar-refractivity contribution in [2.45, 2.75) is 13.0 Å². The third-order valence-corrected chi connectivity index (χ3v) is 4.53. The Kier molecular flexibility index (Phi) is 4.79. The van der Waals surface area contributed by atoms with Gasteiger partial charge in [-0.3, -0.25) is 19.5 Å². The van der Waals surface area contributed by atoms with Gasteiger partial charge in [0.05, 0.1) is 23.0 Å². The minimum Gasteiger partial charge on any atom is -0.325 e. The van der Waals surface area contributed by atoms with Crippen molar-refractivity contribution in [1.29, 1.82) is 0 Å². The minimum absolute atomic E-state index is 0.0825. The highest BCUT2D eigenvalue weighted by molar-refractivity contribution is 14.1. The number of halogens is 1. The van der Waals surface area contributed by atoms with Gasteiger partial charge in [0, 0.05) is 9.99 Å². The second-order valence-electron chi connectivity index (χ2n) is 5.22. The first kappa shape index (κ1) is 16.4. The standard InChI is InChI=1S/C17H14IN3O3/c18-13-7-3-4-8-14(13)19-15(22)9-10-21-17(24)12-6-2-1-5-11(12)16(23)20-21/h1-8H,9-10H2,(H,19,22)(H,20,23). The van der Waals surface area contributed by atoms with Crippen LogP contribution >= 0.6 is 22.6 Å². The highest BCUT2D eigenvalue weighted by Gasteiger charge is 2.09. The molecule has 0 radical (unpaired) electrons. The first-order valence-corrected chi connectivity index (χ1v) is 8.40. The van der Waals surface area contributed by atoms with Crippen molar-refractivity contribution in [1.82, 2.24) is 9.78 Å². The number of H-pyrrole nitrogens is 1. The van der Waals surface area contributed by atoms with Gasteiger partial charge >= 0.3 is 0 Å². The van der Waals surface area contributed by atoms with Crippen LogP contribution in [0.3, 0.4) is 0 Å². The zero-order valence-electron chi connectivity index (χ0n) is 12.6. The molecular formula is C17H14IN3O3. The molecule has 0 bridgehead atoms. The summed E-state index contributed by atoms with van der Waals surface area (Å²) >= 11 is 2.14. The lowest BCUT2D eigenvalue weighted by molar-refractivity contribution is -0.116. The molecule has 0 spiro atoms. The average molecular weight is 435 g/mol. The predicted octanol–water partition coefficient (Wildman–Crippen LogP) is 2.32. The summed E-state index contributed by atoms with van der Waals surface area (Å²) in [6.07, 6.45) is 0.0825. The Hall–Kier alpha value is -2.42. The number of amides is 1. The molecule has 3 rings (SSSR count). The smallest absolute Gasteiger partial charge is 0.273 e. The summed E-state index contributed by atoms with van der Waals surface area (Å²) in [6.45, 7) is 0.105. The quantitative estimate of drug-likeness (QED) is 0.618. The van der Waals surface area contributed by atoms with Crippen molar-refractivity contribution in [3.63, 3.8) is 0 Å². The van der Waals surface area contributed by atoms with Gasteiger partial charge in [0.2, 0.25) is 5.91 Å².